The number of nitriles is 1. The molecule has 1 aliphatic heterocycles. The summed E-state index contributed by atoms with van der Waals surface area (Å²) >= 11 is 0. The first kappa shape index (κ1) is 19.9. The molecule has 31 heavy (non-hydrogen) atoms. The summed E-state index contributed by atoms with van der Waals surface area (Å²) in [6.07, 6.45) is 0. The van der Waals surface area contributed by atoms with E-state index in [9.17, 15) is 9.59 Å². The number of methoxy groups -OCH3 is 1. The maximum atomic E-state index is 13.4. The van der Waals surface area contributed by atoms with Crippen LogP contribution in [-0.4, -0.2) is 18.9 Å². The molecule has 0 fully saturated rings. The molecule has 6 nitrogen and oxygen atoms in total. The lowest BCUT2D eigenvalue weighted by atomic mass is 10.0. The van der Waals surface area contributed by atoms with Crippen molar-refractivity contribution in [3.8, 4) is 11.8 Å². The molecule has 0 saturated heterocycles. The summed E-state index contributed by atoms with van der Waals surface area (Å²) in [7, 11) is 1.56. The van der Waals surface area contributed by atoms with Crippen LogP contribution in [0.2, 0.25) is 0 Å². The molecule has 152 valence electrons. The Labute approximate surface area is 180 Å². The number of anilines is 2. The number of nitrogens with one attached hydrogen (secondary N) is 1. The van der Waals surface area contributed by atoms with Gasteiger partial charge in [0, 0.05) is 11.8 Å². The summed E-state index contributed by atoms with van der Waals surface area (Å²) in [6, 6.07) is 23.0. The van der Waals surface area contributed by atoms with Gasteiger partial charge in [-0.15, -0.1) is 0 Å². The van der Waals surface area contributed by atoms with Gasteiger partial charge in [-0.05, 0) is 48.9 Å². The summed E-state index contributed by atoms with van der Waals surface area (Å²) in [5.74, 6) is -0.264. The maximum Gasteiger partial charge on any atom is 0.282 e. The molecule has 0 radical (unpaired) electrons. The van der Waals surface area contributed by atoms with E-state index in [1.807, 2.05) is 37.3 Å². The Kier molecular flexibility index (Phi) is 5.25. The van der Waals surface area contributed by atoms with Gasteiger partial charge < -0.3 is 10.1 Å². The Bertz CT molecular complexity index is 1240. The van der Waals surface area contributed by atoms with Gasteiger partial charge in [0.05, 0.1) is 30.0 Å². The van der Waals surface area contributed by atoms with Crippen molar-refractivity contribution in [2.75, 3.05) is 17.3 Å². The highest BCUT2D eigenvalue weighted by Gasteiger charge is 2.40. The van der Waals surface area contributed by atoms with Crippen LogP contribution in [0.5, 0.6) is 5.75 Å². The molecule has 0 unspecified atom stereocenters. The molecule has 1 N–H and O–H groups in total. The van der Waals surface area contributed by atoms with E-state index in [2.05, 4.69) is 5.32 Å². The lowest BCUT2D eigenvalue weighted by molar-refractivity contribution is -0.120. The minimum atomic E-state index is -0.465. The number of aryl methyl sites for hydroxylation is 1. The fourth-order valence-electron chi connectivity index (χ4n) is 3.40. The van der Waals surface area contributed by atoms with Crippen LogP contribution in [0.25, 0.3) is 5.57 Å². The van der Waals surface area contributed by atoms with E-state index >= 15 is 0 Å². The van der Waals surface area contributed by atoms with Crippen LogP contribution >= 0.6 is 0 Å². The molecular weight excluding hydrogens is 390 g/mol. The molecule has 0 aliphatic carbocycles. The van der Waals surface area contributed by atoms with E-state index in [1.165, 1.54) is 0 Å². The van der Waals surface area contributed by atoms with Crippen molar-refractivity contribution < 1.29 is 14.3 Å². The number of imide groups is 1. The van der Waals surface area contributed by atoms with Crippen LogP contribution in [0, 0.1) is 18.3 Å². The predicted molar refractivity (Wildman–Crippen MR) is 118 cm³/mol. The van der Waals surface area contributed by atoms with Gasteiger partial charge in [0.2, 0.25) is 0 Å². The van der Waals surface area contributed by atoms with Gasteiger partial charge in [-0.3, -0.25) is 9.59 Å². The van der Waals surface area contributed by atoms with Crippen molar-refractivity contribution in [2.24, 2.45) is 0 Å². The number of rotatable bonds is 5. The third kappa shape index (κ3) is 3.77. The molecule has 0 bridgehead atoms. The second-order valence-corrected chi connectivity index (χ2v) is 7.08. The van der Waals surface area contributed by atoms with Crippen molar-refractivity contribution in [2.45, 2.75) is 6.92 Å². The highest BCUT2D eigenvalue weighted by Crippen LogP contribution is 2.34. The molecule has 0 saturated carbocycles. The lowest BCUT2D eigenvalue weighted by Crippen LogP contribution is -2.32. The topological polar surface area (TPSA) is 82.4 Å². The minimum absolute atomic E-state index is 0.187. The van der Waals surface area contributed by atoms with Crippen LogP contribution in [0.3, 0.4) is 0 Å². The van der Waals surface area contributed by atoms with Gasteiger partial charge in [-0.2, -0.15) is 5.26 Å². The normalized spacial score (nSPS) is 13.4. The van der Waals surface area contributed by atoms with Crippen LogP contribution in [0.15, 0.2) is 78.5 Å². The van der Waals surface area contributed by atoms with Crippen molar-refractivity contribution in [1.29, 1.82) is 5.26 Å². The van der Waals surface area contributed by atoms with E-state index < -0.39 is 11.8 Å². The first-order valence-corrected chi connectivity index (χ1v) is 9.63. The van der Waals surface area contributed by atoms with Gasteiger partial charge in [0.25, 0.3) is 11.8 Å². The van der Waals surface area contributed by atoms with E-state index in [-0.39, 0.29) is 11.3 Å². The number of nitrogens with zero attached hydrogens (tertiary/aromatic N) is 2. The van der Waals surface area contributed by atoms with Gasteiger partial charge in [0.15, 0.2) is 0 Å². The summed E-state index contributed by atoms with van der Waals surface area (Å²) in [5.41, 5.74) is 3.65. The van der Waals surface area contributed by atoms with Crippen LogP contribution in [-0.2, 0) is 9.59 Å². The number of benzene rings is 3. The van der Waals surface area contributed by atoms with Crippen molar-refractivity contribution in [3.63, 3.8) is 0 Å². The van der Waals surface area contributed by atoms with Crippen molar-refractivity contribution in [3.05, 3.63) is 95.2 Å². The fraction of sp³-hybridized carbons (Fsp3) is 0.0800. The molecule has 4 rings (SSSR count). The highest BCUT2D eigenvalue weighted by molar-refractivity contribution is 6.46. The molecule has 6 heteroatoms. The molecular formula is C25H19N3O3. The van der Waals surface area contributed by atoms with Crippen LogP contribution in [0.4, 0.5) is 11.4 Å². The fourth-order valence-corrected chi connectivity index (χ4v) is 3.40. The van der Waals surface area contributed by atoms with E-state index in [0.29, 0.717) is 28.3 Å². The number of hydrogen-bond acceptors (Lipinski definition) is 5. The van der Waals surface area contributed by atoms with E-state index in [1.54, 1.807) is 55.6 Å². The first-order chi connectivity index (χ1) is 15.0. The number of hydrogen-bond donors (Lipinski definition) is 1. The average Bonchev–Trinajstić information content (AvgIpc) is 3.04. The second kappa shape index (κ2) is 8.17. The Hall–Kier alpha value is -4.37. The molecule has 0 spiro atoms. The minimum Gasteiger partial charge on any atom is -0.497 e. The molecule has 1 aliphatic rings. The van der Waals surface area contributed by atoms with Crippen molar-refractivity contribution in [1.82, 2.24) is 0 Å². The number of carbonyl (C=O) groups is 2. The largest absolute Gasteiger partial charge is 0.497 e. The second-order valence-electron chi connectivity index (χ2n) is 7.08. The number of ether oxygens (including phenoxy) is 1. The molecule has 0 aromatic heterocycles. The smallest absolute Gasteiger partial charge is 0.282 e. The quantitative estimate of drug-likeness (QED) is 0.637. The zero-order chi connectivity index (χ0) is 22.0. The van der Waals surface area contributed by atoms with Gasteiger partial charge in [0.1, 0.15) is 11.4 Å². The number of carbonyl (C=O) groups excluding carboxylic acids is 2. The number of amides is 2. The molecule has 2 amide bonds. The van der Waals surface area contributed by atoms with E-state index in [0.717, 1.165) is 10.5 Å². The Morgan fingerprint density at radius 1 is 0.935 bits per heavy atom. The zero-order valence-corrected chi connectivity index (χ0v) is 17.0. The molecule has 1 heterocycles. The highest BCUT2D eigenvalue weighted by atomic mass is 16.5. The van der Waals surface area contributed by atoms with E-state index in [4.69, 9.17) is 10.00 Å². The lowest BCUT2D eigenvalue weighted by Gasteiger charge is -2.15. The monoisotopic (exact) mass is 409 g/mol. The van der Waals surface area contributed by atoms with Crippen LogP contribution in [0.1, 0.15) is 16.7 Å². The summed E-state index contributed by atoms with van der Waals surface area (Å²) in [5, 5.41) is 12.2. The maximum absolute atomic E-state index is 13.4. The summed E-state index contributed by atoms with van der Waals surface area (Å²) < 4.78 is 5.26. The molecule has 0 atom stereocenters. The van der Waals surface area contributed by atoms with Gasteiger partial charge in [-0.25, -0.2) is 4.90 Å². The van der Waals surface area contributed by atoms with Gasteiger partial charge >= 0.3 is 0 Å². The standard InChI is InChI=1S/C25H19N3O3/c1-16-6-10-18(11-7-16)22-23(27-19-4-3-5-21(14-19)31-2)25(30)28(24(22)29)20-12-8-17(15-26)9-13-20/h3-14,27H,1-2H3. The summed E-state index contributed by atoms with van der Waals surface area (Å²) in [4.78, 5) is 27.9. The average molecular weight is 409 g/mol. The SMILES string of the molecule is COc1cccc(NC2=C(c3ccc(C)cc3)C(=O)N(c3ccc(C#N)cc3)C2=O)c1. The van der Waals surface area contributed by atoms with Gasteiger partial charge in [-0.1, -0.05) is 35.9 Å². The Balaban J connectivity index is 1.80. The van der Waals surface area contributed by atoms with Crippen molar-refractivity contribution >= 4 is 28.8 Å². The molecule has 3 aromatic rings. The first-order valence-electron chi connectivity index (χ1n) is 9.63. The van der Waals surface area contributed by atoms with Crippen LogP contribution < -0.4 is 15.0 Å². The Morgan fingerprint density at radius 2 is 1.65 bits per heavy atom. The third-order valence-corrected chi connectivity index (χ3v) is 5.02. The molecule has 3 aromatic carbocycles. The zero-order valence-electron chi connectivity index (χ0n) is 17.0. The Morgan fingerprint density at radius 3 is 2.29 bits per heavy atom. The third-order valence-electron chi connectivity index (χ3n) is 5.02. The predicted octanol–water partition coefficient (Wildman–Crippen LogP) is 4.27. The summed E-state index contributed by atoms with van der Waals surface area (Å²) in [6.45, 7) is 1.96.